The molecule has 0 radical (unpaired) electrons. The summed E-state index contributed by atoms with van der Waals surface area (Å²) in [6.45, 7) is 0. The maximum atomic E-state index is 8.82. The van der Waals surface area contributed by atoms with E-state index in [0.717, 1.165) is 0 Å². The van der Waals surface area contributed by atoms with Gasteiger partial charge in [-0.05, 0) is 0 Å². The number of carboxylic acid groups (broad SMARTS) is 2. The minimum absolute atomic E-state index is 0. The van der Waals surface area contributed by atoms with Crippen molar-refractivity contribution in [3.63, 3.8) is 0 Å². The van der Waals surface area contributed by atoms with Gasteiger partial charge in [0.1, 0.15) is 0 Å². The van der Waals surface area contributed by atoms with Gasteiger partial charge in [0.15, 0.2) is 0 Å². The van der Waals surface area contributed by atoms with Crippen molar-refractivity contribution in [2.45, 2.75) is 0 Å². The van der Waals surface area contributed by atoms with Gasteiger partial charge in [-0.1, -0.05) is 0 Å². The first kappa shape index (κ1) is 22.5. The van der Waals surface area contributed by atoms with Crippen molar-refractivity contribution in [2.75, 3.05) is 0 Å². The van der Waals surface area contributed by atoms with Crippen LogP contribution < -0.4 is 12.3 Å². The van der Waals surface area contributed by atoms with Gasteiger partial charge in [-0.15, -0.1) is 0 Å². The topological polar surface area (TPSA) is 202 Å². The first-order valence-corrected chi connectivity index (χ1v) is 3.53. The summed E-state index contributed by atoms with van der Waals surface area (Å²) in [5.74, 6) is 0. The Morgan fingerprint density at radius 2 is 1.00 bits per heavy atom. The Morgan fingerprint density at radius 1 is 1.00 bits per heavy atom. The molecule has 0 aromatic carbocycles. The molecule has 0 heterocycles. The van der Waals surface area contributed by atoms with Crippen LogP contribution in [0.2, 0.25) is 0 Å². The molecule has 0 atom stereocenters. The van der Waals surface area contributed by atoms with Crippen LogP contribution in [-0.4, -0.2) is 24.7 Å². The number of rotatable bonds is 0. The Hall–Kier alpha value is -0.758. The zero-order chi connectivity index (χ0) is 8.08. The third-order valence-electron chi connectivity index (χ3n) is 0. The zero-order valence-corrected chi connectivity index (χ0v) is 6.61. The van der Waals surface area contributed by atoms with Crippen LogP contribution >= 0.6 is 0 Å². The fourth-order valence-electron chi connectivity index (χ4n) is 0. The van der Waals surface area contributed by atoms with Crippen molar-refractivity contribution in [3.05, 3.63) is 0 Å². The quantitative estimate of drug-likeness (QED) is 0.298. The van der Waals surface area contributed by atoms with Crippen LogP contribution in [0.4, 0.5) is 4.79 Å². The zero-order valence-electron chi connectivity index (χ0n) is 5.34. The van der Waals surface area contributed by atoms with E-state index in [1.807, 2.05) is 0 Å². The molecular weight excluding hydrogens is 204 g/mol. The molecule has 0 amide bonds. The van der Waals surface area contributed by atoms with Crippen molar-refractivity contribution >= 4 is 6.16 Å². The molecule has 10 heteroatoms. The van der Waals surface area contributed by atoms with Crippen molar-refractivity contribution in [1.29, 1.82) is 0 Å². The van der Waals surface area contributed by atoms with Gasteiger partial charge in [0.25, 0.3) is 0 Å². The molecular formula is CH10CrN2O7. The van der Waals surface area contributed by atoms with Crippen LogP contribution in [0.25, 0.3) is 0 Å². The second kappa shape index (κ2) is 9.24. The average molecular weight is 214 g/mol. The van der Waals surface area contributed by atoms with E-state index in [0.29, 0.717) is 0 Å². The van der Waals surface area contributed by atoms with Crippen molar-refractivity contribution < 1.29 is 44.5 Å². The molecule has 0 aliphatic carbocycles. The number of hydrogen-bond donors (Lipinski definition) is 6. The summed E-state index contributed by atoms with van der Waals surface area (Å²) in [5, 5.41) is 13.9. The number of hydrogen-bond acceptors (Lipinski definition) is 5. The van der Waals surface area contributed by atoms with Gasteiger partial charge >= 0.3 is 35.7 Å². The third kappa shape index (κ3) is 845. The molecule has 0 bridgehead atoms. The number of carbonyl (C=O) groups is 1. The maximum absolute atomic E-state index is 8.82. The van der Waals surface area contributed by atoms with Crippen LogP contribution in [0.1, 0.15) is 0 Å². The fourth-order valence-corrected chi connectivity index (χ4v) is 0. The van der Waals surface area contributed by atoms with E-state index in [4.69, 9.17) is 30.9 Å². The average Bonchev–Trinajstić information content (AvgIpc) is 1.19. The Bertz CT molecular complexity index is 159. The van der Waals surface area contributed by atoms with E-state index in [1.54, 1.807) is 0 Å². The predicted octanol–water partition coefficient (Wildman–Crippen LogP) is -0.808. The summed E-state index contributed by atoms with van der Waals surface area (Å²) in [4.78, 5) is 8.56. The van der Waals surface area contributed by atoms with E-state index in [2.05, 4.69) is 0 Å². The Morgan fingerprint density at radius 3 is 1.00 bits per heavy atom. The van der Waals surface area contributed by atoms with Gasteiger partial charge in [-0.3, -0.25) is 0 Å². The summed E-state index contributed by atoms with van der Waals surface area (Å²) in [6.07, 6.45) is -1.83. The van der Waals surface area contributed by atoms with Crippen LogP contribution in [0, 0.1) is 0 Å². The SMILES string of the molecule is N.N.O=C(O)O.[O]=[Cr](=[O])([OH])[OH]. The molecule has 0 rings (SSSR count). The molecule has 10 N–H and O–H groups in total. The van der Waals surface area contributed by atoms with E-state index in [-0.39, 0.29) is 12.3 Å². The summed E-state index contributed by atoms with van der Waals surface area (Å²) < 4.78 is 31.9. The molecule has 0 fully saturated rings. The Kier molecular flexibility index (Phi) is 18.9. The standard InChI is InChI=1S/CH2O3.Cr.2H3N.2H2O.2O/c2-1(3)4;;;;;;;/h(H2,2,3,4);;2*1H3;2*1H2;;/q;+2;;;;;;/p-2. The molecule has 0 saturated heterocycles. The van der Waals surface area contributed by atoms with Gasteiger partial charge in [0.2, 0.25) is 0 Å². The molecule has 0 aromatic heterocycles. The molecule has 0 unspecified atom stereocenters. The van der Waals surface area contributed by atoms with Crippen LogP contribution in [-0.2, 0) is 21.2 Å². The second-order valence-corrected chi connectivity index (χ2v) is 2.13. The van der Waals surface area contributed by atoms with E-state index in [9.17, 15) is 0 Å². The first-order chi connectivity index (χ1) is 3.73. The molecule has 72 valence electrons. The van der Waals surface area contributed by atoms with E-state index in [1.165, 1.54) is 0 Å². The first-order valence-electron chi connectivity index (χ1n) is 1.35. The van der Waals surface area contributed by atoms with Gasteiger partial charge in [0, 0.05) is 0 Å². The summed E-state index contributed by atoms with van der Waals surface area (Å²) in [6, 6.07) is 0. The minimum atomic E-state index is -5.25. The molecule has 0 aromatic rings. The normalized spacial score (nSPS) is 7.45. The van der Waals surface area contributed by atoms with Gasteiger partial charge in [-0.2, -0.15) is 0 Å². The molecule has 0 spiro atoms. The van der Waals surface area contributed by atoms with Gasteiger partial charge in [0.05, 0.1) is 0 Å². The van der Waals surface area contributed by atoms with Gasteiger partial charge in [-0.25, -0.2) is 4.79 Å². The predicted molar refractivity (Wildman–Crippen MR) is 26.5 cm³/mol. The monoisotopic (exact) mass is 214 g/mol. The Labute approximate surface area is 63.8 Å². The van der Waals surface area contributed by atoms with Crippen LogP contribution in [0.5, 0.6) is 0 Å². The second-order valence-electron chi connectivity index (χ2n) is 0.730. The van der Waals surface area contributed by atoms with Crippen molar-refractivity contribution in [3.8, 4) is 0 Å². The summed E-state index contributed by atoms with van der Waals surface area (Å²) in [5.41, 5.74) is 0. The van der Waals surface area contributed by atoms with E-state index < -0.39 is 19.8 Å². The van der Waals surface area contributed by atoms with Crippen molar-refractivity contribution in [1.82, 2.24) is 12.3 Å². The third-order valence-corrected chi connectivity index (χ3v) is 0. The van der Waals surface area contributed by atoms with Crippen molar-refractivity contribution in [2.24, 2.45) is 0 Å². The summed E-state index contributed by atoms with van der Waals surface area (Å²) in [7, 11) is 0. The fraction of sp³-hybridized carbons (Fsp3) is 0. The Balaban J connectivity index is -0.0000000383. The summed E-state index contributed by atoms with van der Waals surface area (Å²) >= 11 is -5.25. The molecule has 11 heavy (non-hydrogen) atoms. The molecule has 0 saturated carbocycles. The van der Waals surface area contributed by atoms with Crippen LogP contribution in [0.3, 0.4) is 0 Å². The molecule has 0 aliphatic rings. The molecule has 0 aliphatic heterocycles. The van der Waals surface area contributed by atoms with Gasteiger partial charge < -0.3 is 22.5 Å². The van der Waals surface area contributed by atoms with E-state index >= 15 is 0 Å². The van der Waals surface area contributed by atoms with Crippen LogP contribution in [0.15, 0.2) is 0 Å². The molecule has 9 nitrogen and oxygen atoms in total.